The SMILES string of the molecule is COc1ccc2c(c1)C[C@@H](NC(=O)NCCCN1CCN(Cc3ccccc3)CC1)CO2. The van der Waals surface area contributed by atoms with Crippen molar-refractivity contribution in [1.82, 2.24) is 20.4 Å². The summed E-state index contributed by atoms with van der Waals surface area (Å²) in [5.74, 6) is 1.67. The number of methoxy groups -OCH3 is 1. The van der Waals surface area contributed by atoms with Crippen LogP contribution in [0, 0.1) is 0 Å². The van der Waals surface area contributed by atoms with Crippen molar-refractivity contribution in [2.45, 2.75) is 25.4 Å². The van der Waals surface area contributed by atoms with Crippen LogP contribution in [0.15, 0.2) is 48.5 Å². The summed E-state index contributed by atoms with van der Waals surface area (Å²) in [6, 6.07) is 16.3. The smallest absolute Gasteiger partial charge is 0.315 e. The largest absolute Gasteiger partial charge is 0.497 e. The summed E-state index contributed by atoms with van der Waals surface area (Å²) in [5.41, 5.74) is 2.44. The summed E-state index contributed by atoms with van der Waals surface area (Å²) < 4.78 is 11.1. The Morgan fingerprint density at radius 1 is 1.09 bits per heavy atom. The van der Waals surface area contributed by atoms with E-state index in [0.29, 0.717) is 13.2 Å². The van der Waals surface area contributed by atoms with Crippen molar-refractivity contribution in [2.75, 3.05) is 53.0 Å². The lowest BCUT2D eigenvalue weighted by Crippen LogP contribution is -2.48. The number of urea groups is 1. The van der Waals surface area contributed by atoms with Gasteiger partial charge in [-0.2, -0.15) is 0 Å². The second-order valence-corrected chi connectivity index (χ2v) is 8.54. The molecule has 2 heterocycles. The highest BCUT2D eigenvalue weighted by atomic mass is 16.5. The van der Waals surface area contributed by atoms with Crippen LogP contribution in [0.2, 0.25) is 0 Å². The molecule has 0 spiro atoms. The van der Waals surface area contributed by atoms with Crippen LogP contribution in [0.4, 0.5) is 4.79 Å². The molecule has 2 aromatic carbocycles. The number of rotatable bonds is 8. The second kappa shape index (κ2) is 11.2. The van der Waals surface area contributed by atoms with E-state index in [4.69, 9.17) is 9.47 Å². The fraction of sp³-hybridized carbons (Fsp3) is 0.480. The molecule has 2 N–H and O–H groups in total. The molecule has 4 rings (SSSR count). The molecule has 7 nitrogen and oxygen atoms in total. The minimum atomic E-state index is -0.127. The summed E-state index contributed by atoms with van der Waals surface area (Å²) in [5, 5.41) is 6.02. The quantitative estimate of drug-likeness (QED) is 0.620. The normalized spacial score (nSPS) is 19.0. The lowest BCUT2D eigenvalue weighted by Gasteiger charge is -2.34. The number of piperazine rings is 1. The first-order valence-electron chi connectivity index (χ1n) is 11.5. The first kappa shape index (κ1) is 22.4. The Labute approximate surface area is 190 Å². The van der Waals surface area contributed by atoms with Gasteiger partial charge in [-0.1, -0.05) is 30.3 Å². The highest BCUT2D eigenvalue weighted by molar-refractivity contribution is 5.74. The molecule has 0 radical (unpaired) electrons. The number of hydrogen-bond acceptors (Lipinski definition) is 5. The monoisotopic (exact) mass is 438 g/mol. The Balaban J connectivity index is 1.09. The number of nitrogens with zero attached hydrogens (tertiary/aromatic N) is 2. The molecule has 7 heteroatoms. The maximum Gasteiger partial charge on any atom is 0.315 e. The zero-order valence-corrected chi connectivity index (χ0v) is 18.9. The standard InChI is InChI=1S/C25H34N4O3/c1-31-23-8-9-24-21(17-23)16-22(19-32-24)27-25(30)26-10-5-11-28-12-14-29(15-13-28)18-20-6-3-2-4-7-20/h2-4,6-9,17,22H,5,10-16,18-19H2,1H3,(H2,26,27,30)/t22-/m1/s1. The van der Waals surface area contributed by atoms with E-state index in [1.54, 1.807) is 7.11 Å². The van der Waals surface area contributed by atoms with Crippen molar-refractivity contribution in [3.05, 3.63) is 59.7 Å². The molecule has 32 heavy (non-hydrogen) atoms. The van der Waals surface area contributed by atoms with Crippen molar-refractivity contribution in [3.63, 3.8) is 0 Å². The summed E-state index contributed by atoms with van der Waals surface area (Å²) in [6.07, 6.45) is 1.69. The van der Waals surface area contributed by atoms with E-state index in [9.17, 15) is 4.79 Å². The van der Waals surface area contributed by atoms with Crippen LogP contribution in [0.5, 0.6) is 11.5 Å². The van der Waals surface area contributed by atoms with Gasteiger partial charge in [-0.3, -0.25) is 4.90 Å². The second-order valence-electron chi connectivity index (χ2n) is 8.54. The number of nitrogens with one attached hydrogen (secondary N) is 2. The summed E-state index contributed by atoms with van der Waals surface area (Å²) in [4.78, 5) is 17.3. The van der Waals surface area contributed by atoms with E-state index >= 15 is 0 Å². The molecule has 2 amide bonds. The van der Waals surface area contributed by atoms with Gasteiger partial charge < -0.3 is 25.0 Å². The van der Waals surface area contributed by atoms with E-state index < -0.39 is 0 Å². The highest BCUT2D eigenvalue weighted by Gasteiger charge is 2.22. The topological polar surface area (TPSA) is 66.1 Å². The molecule has 0 saturated carbocycles. The summed E-state index contributed by atoms with van der Waals surface area (Å²) >= 11 is 0. The third-order valence-electron chi connectivity index (χ3n) is 6.16. The Bertz CT molecular complexity index is 869. The van der Waals surface area contributed by atoms with Crippen LogP contribution in [0.25, 0.3) is 0 Å². The molecule has 0 aliphatic carbocycles. The molecule has 0 unspecified atom stereocenters. The minimum Gasteiger partial charge on any atom is -0.497 e. The molecule has 172 valence electrons. The van der Waals surface area contributed by atoms with Crippen molar-refractivity contribution in [2.24, 2.45) is 0 Å². The Hall–Kier alpha value is -2.77. The van der Waals surface area contributed by atoms with Gasteiger partial charge in [-0.25, -0.2) is 4.79 Å². The molecular weight excluding hydrogens is 404 g/mol. The maximum atomic E-state index is 12.3. The van der Waals surface area contributed by atoms with Crippen molar-refractivity contribution in [3.8, 4) is 11.5 Å². The number of ether oxygens (including phenoxy) is 2. The van der Waals surface area contributed by atoms with Gasteiger partial charge in [0.1, 0.15) is 18.1 Å². The maximum absolute atomic E-state index is 12.3. The first-order valence-corrected chi connectivity index (χ1v) is 11.5. The molecule has 0 aromatic heterocycles. The zero-order valence-electron chi connectivity index (χ0n) is 18.9. The predicted octanol–water partition coefficient (Wildman–Crippen LogP) is 2.51. The third-order valence-corrected chi connectivity index (χ3v) is 6.16. The van der Waals surface area contributed by atoms with Crippen LogP contribution in [-0.4, -0.2) is 74.9 Å². The Kier molecular flexibility index (Phi) is 7.85. The van der Waals surface area contributed by atoms with E-state index in [1.165, 1.54) is 5.56 Å². The highest BCUT2D eigenvalue weighted by Crippen LogP contribution is 2.28. The van der Waals surface area contributed by atoms with Gasteiger partial charge in [0.15, 0.2) is 0 Å². The average Bonchev–Trinajstić information content (AvgIpc) is 2.83. The molecule has 1 saturated heterocycles. The molecule has 2 aliphatic heterocycles. The summed E-state index contributed by atoms with van der Waals surface area (Å²) in [6.45, 7) is 7.56. The molecule has 2 aromatic rings. The van der Waals surface area contributed by atoms with Gasteiger partial charge in [-0.05, 0) is 48.7 Å². The predicted molar refractivity (Wildman–Crippen MR) is 125 cm³/mol. The molecule has 2 aliphatic rings. The van der Waals surface area contributed by atoms with E-state index in [2.05, 4.69) is 50.8 Å². The Morgan fingerprint density at radius 2 is 1.88 bits per heavy atom. The number of amides is 2. The van der Waals surface area contributed by atoms with E-state index in [1.807, 2.05) is 18.2 Å². The number of hydrogen-bond donors (Lipinski definition) is 2. The number of carbonyl (C=O) groups is 1. The lowest BCUT2D eigenvalue weighted by molar-refractivity contribution is 0.126. The molecular formula is C25H34N4O3. The van der Waals surface area contributed by atoms with Gasteiger partial charge >= 0.3 is 6.03 Å². The van der Waals surface area contributed by atoms with Gasteiger partial charge in [-0.15, -0.1) is 0 Å². The van der Waals surface area contributed by atoms with Crippen molar-refractivity contribution < 1.29 is 14.3 Å². The minimum absolute atomic E-state index is 0.0349. The zero-order chi connectivity index (χ0) is 22.2. The van der Waals surface area contributed by atoms with Gasteiger partial charge in [0.25, 0.3) is 0 Å². The van der Waals surface area contributed by atoms with Crippen LogP contribution in [0.3, 0.4) is 0 Å². The molecule has 0 bridgehead atoms. The van der Waals surface area contributed by atoms with Gasteiger partial charge in [0, 0.05) is 39.3 Å². The van der Waals surface area contributed by atoms with Crippen LogP contribution < -0.4 is 20.1 Å². The summed E-state index contributed by atoms with van der Waals surface area (Å²) in [7, 11) is 1.65. The fourth-order valence-corrected chi connectivity index (χ4v) is 4.34. The third kappa shape index (κ3) is 6.37. The Morgan fingerprint density at radius 3 is 2.66 bits per heavy atom. The van der Waals surface area contributed by atoms with Crippen LogP contribution in [-0.2, 0) is 13.0 Å². The van der Waals surface area contributed by atoms with Gasteiger partial charge in [0.2, 0.25) is 0 Å². The van der Waals surface area contributed by atoms with Gasteiger partial charge in [0.05, 0.1) is 13.2 Å². The van der Waals surface area contributed by atoms with Crippen LogP contribution >= 0.6 is 0 Å². The number of carbonyl (C=O) groups excluding carboxylic acids is 1. The molecule has 1 fully saturated rings. The van der Waals surface area contributed by atoms with E-state index in [0.717, 1.165) is 69.2 Å². The number of benzene rings is 2. The average molecular weight is 439 g/mol. The fourth-order valence-electron chi connectivity index (χ4n) is 4.34. The first-order chi connectivity index (χ1) is 15.7. The van der Waals surface area contributed by atoms with Crippen LogP contribution in [0.1, 0.15) is 17.5 Å². The number of fused-ring (bicyclic) bond motifs is 1. The molecule has 1 atom stereocenters. The van der Waals surface area contributed by atoms with E-state index in [-0.39, 0.29) is 12.1 Å². The lowest BCUT2D eigenvalue weighted by atomic mass is 10.0. The van der Waals surface area contributed by atoms with Crippen molar-refractivity contribution in [1.29, 1.82) is 0 Å². The van der Waals surface area contributed by atoms with Crippen molar-refractivity contribution >= 4 is 6.03 Å².